The molecule has 3 aromatic rings. The smallest absolute Gasteiger partial charge is 0.255 e. The lowest BCUT2D eigenvalue weighted by atomic mass is 10.2. The fraction of sp³-hybridized carbons (Fsp3) is 0.0556. The number of pyridine rings is 1. The number of para-hydroxylation sites is 2. The van der Waals surface area contributed by atoms with Crippen molar-refractivity contribution in [3.05, 3.63) is 94.9 Å². The maximum atomic E-state index is 12.0. The molecule has 0 spiro atoms. The molecule has 2 aromatic carbocycles. The molecule has 3 rings (SSSR count). The Hall–Kier alpha value is -2.81. The molecule has 0 saturated carbocycles. The van der Waals surface area contributed by atoms with Crippen LogP contribution in [0.15, 0.2) is 83.8 Å². The third-order valence-electron chi connectivity index (χ3n) is 3.28. The Bertz CT molecular complexity index is 764. The molecule has 0 aliphatic carbocycles. The minimum absolute atomic E-state index is 0.0235. The van der Waals surface area contributed by atoms with Crippen molar-refractivity contribution in [1.29, 1.82) is 0 Å². The molecule has 0 aliphatic heterocycles. The van der Waals surface area contributed by atoms with Crippen LogP contribution >= 0.6 is 0 Å². The van der Waals surface area contributed by atoms with E-state index in [4.69, 9.17) is 0 Å². The zero-order valence-electron chi connectivity index (χ0n) is 11.6. The van der Waals surface area contributed by atoms with Gasteiger partial charge in [0, 0.05) is 30.2 Å². The number of anilines is 1. The van der Waals surface area contributed by atoms with E-state index in [1.54, 1.807) is 10.6 Å². The molecule has 0 aliphatic rings. The molecule has 0 unspecified atom stereocenters. The first kappa shape index (κ1) is 13.2. The number of benzene rings is 2. The summed E-state index contributed by atoms with van der Waals surface area (Å²) in [6.07, 6.45) is 1.88. The van der Waals surface area contributed by atoms with E-state index in [0.717, 1.165) is 16.9 Å². The van der Waals surface area contributed by atoms with Crippen LogP contribution in [0, 0.1) is 0 Å². The third kappa shape index (κ3) is 3.20. The van der Waals surface area contributed by atoms with Gasteiger partial charge in [0.15, 0.2) is 0 Å². The first-order chi connectivity index (χ1) is 10.3. The fourth-order valence-corrected chi connectivity index (χ4v) is 2.19. The van der Waals surface area contributed by atoms with Crippen LogP contribution in [-0.4, -0.2) is 4.57 Å². The van der Waals surface area contributed by atoms with Gasteiger partial charge in [0.05, 0.1) is 0 Å². The second-order valence-corrected chi connectivity index (χ2v) is 4.80. The van der Waals surface area contributed by atoms with E-state index in [2.05, 4.69) is 5.32 Å². The van der Waals surface area contributed by atoms with Gasteiger partial charge in [-0.2, -0.15) is 0 Å². The number of hydrogen-bond donors (Lipinski definition) is 1. The maximum absolute atomic E-state index is 12.0. The summed E-state index contributed by atoms with van der Waals surface area (Å²) in [5, 5.41) is 3.34. The van der Waals surface area contributed by atoms with Gasteiger partial charge in [0.25, 0.3) is 5.56 Å². The van der Waals surface area contributed by atoms with Gasteiger partial charge in [-0.1, -0.05) is 42.5 Å². The number of nitrogens with one attached hydrogen (secondary N) is 1. The first-order valence-electron chi connectivity index (χ1n) is 6.89. The summed E-state index contributed by atoms with van der Waals surface area (Å²) in [4.78, 5) is 12.0. The van der Waals surface area contributed by atoms with Crippen molar-refractivity contribution in [2.24, 2.45) is 0 Å². The highest BCUT2D eigenvalue weighted by Gasteiger charge is 2.01. The van der Waals surface area contributed by atoms with Gasteiger partial charge in [-0.25, -0.2) is 0 Å². The molecule has 3 nitrogen and oxygen atoms in total. The van der Waals surface area contributed by atoms with Gasteiger partial charge < -0.3 is 5.32 Å². The molecule has 0 atom stereocenters. The highest BCUT2D eigenvalue weighted by Crippen LogP contribution is 2.09. The highest BCUT2D eigenvalue weighted by molar-refractivity contribution is 5.43. The van der Waals surface area contributed by atoms with Crippen LogP contribution in [0.2, 0.25) is 0 Å². The van der Waals surface area contributed by atoms with Crippen molar-refractivity contribution in [1.82, 2.24) is 4.57 Å². The van der Waals surface area contributed by atoms with Crippen molar-refractivity contribution >= 4 is 5.69 Å². The normalized spacial score (nSPS) is 10.3. The molecule has 0 fully saturated rings. The van der Waals surface area contributed by atoms with Crippen molar-refractivity contribution in [2.75, 3.05) is 5.32 Å². The Labute approximate surface area is 123 Å². The van der Waals surface area contributed by atoms with E-state index < -0.39 is 0 Å². The standard InChI is InChI=1S/C18H16N2O/c21-18-12-11-15(13-19-16-7-3-1-4-8-16)14-20(18)17-9-5-2-6-10-17/h1-12,14,19H,13H2. The van der Waals surface area contributed by atoms with Crippen LogP contribution in [0.3, 0.4) is 0 Å². The molecule has 1 aromatic heterocycles. The van der Waals surface area contributed by atoms with E-state index in [1.165, 1.54) is 0 Å². The van der Waals surface area contributed by atoms with E-state index >= 15 is 0 Å². The summed E-state index contributed by atoms with van der Waals surface area (Å²) >= 11 is 0. The molecule has 1 heterocycles. The van der Waals surface area contributed by atoms with Crippen molar-refractivity contribution in [2.45, 2.75) is 6.54 Å². The predicted molar refractivity (Wildman–Crippen MR) is 85.8 cm³/mol. The Morgan fingerprint density at radius 1 is 0.810 bits per heavy atom. The summed E-state index contributed by atoms with van der Waals surface area (Å²) < 4.78 is 1.67. The molecule has 0 radical (unpaired) electrons. The molecule has 1 N–H and O–H groups in total. The van der Waals surface area contributed by atoms with Crippen molar-refractivity contribution in [3.63, 3.8) is 0 Å². The summed E-state index contributed by atoms with van der Waals surface area (Å²) in [6.45, 7) is 0.678. The lowest BCUT2D eigenvalue weighted by molar-refractivity contribution is 0.955. The molecule has 21 heavy (non-hydrogen) atoms. The molecule has 0 saturated heterocycles. The van der Waals surface area contributed by atoms with Crippen LogP contribution in [0.25, 0.3) is 5.69 Å². The van der Waals surface area contributed by atoms with Crippen LogP contribution < -0.4 is 10.9 Å². The zero-order valence-corrected chi connectivity index (χ0v) is 11.6. The summed E-state index contributed by atoms with van der Waals surface area (Å²) in [6, 6.07) is 23.1. The SMILES string of the molecule is O=c1ccc(CNc2ccccc2)cn1-c1ccccc1. The quantitative estimate of drug-likeness (QED) is 0.792. The average molecular weight is 276 g/mol. The third-order valence-corrected chi connectivity index (χ3v) is 3.28. The zero-order chi connectivity index (χ0) is 14.5. The largest absolute Gasteiger partial charge is 0.381 e. The topological polar surface area (TPSA) is 34.0 Å². The minimum Gasteiger partial charge on any atom is -0.381 e. The number of aromatic nitrogens is 1. The predicted octanol–water partition coefficient (Wildman–Crippen LogP) is 3.45. The second-order valence-electron chi connectivity index (χ2n) is 4.80. The second kappa shape index (κ2) is 6.09. The van der Waals surface area contributed by atoms with Crippen LogP contribution in [0.5, 0.6) is 0 Å². The van der Waals surface area contributed by atoms with Crippen LogP contribution in [0.1, 0.15) is 5.56 Å². The monoisotopic (exact) mass is 276 g/mol. The Kier molecular flexibility index (Phi) is 3.83. The Balaban J connectivity index is 1.83. The van der Waals surface area contributed by atoms with Gasteiger partial charge in [-0.15, -0.1) is 0 Å². The minimum atomic E-state index is -0.0235. The van der Waals surface area contributed by atoms with E-state index in [9.17, 15) is 4.79 Å². The Morgan fingerprint density at radius 2 is 1.48 bits per heavy atom. The van der Waals surface area contributed by atoms with Gasteiger partial charge in [0.2, 0.25) is 0 Å². The van der Waals surface area contributed by atoms with E-state index in [0.29, 0.717) is 6.54 Å². The number of hydrogen-bond acceptors (Lipinski definition) is 2. The van der Waals surface area contributed by atoms with Gasteiger partial charge in [-0.05, 0) is 29.8 Å². The van der Waals surface area contributed by atoms with Crippen molar-refractivity contribution < 1.29 is 0 Å². The summed E-state index contributed by atoms with van der Waals surface area (Å²) in [5.41, 5.74) is 2.98. The summed E-state index contributed by atoms with van der Waals surface area (Å²) in [5.74, 6) is 0. The lowest BCUT2D eigenvalue weighted by Crippen LogP contribution is -2.17. The van der Waals surface area contributed by atoms with Crippen LogP contribution in [0.4, 0.5) is 5.69 Å². The lowest BCUT2D eigenvalue weighted by Gasteiger charge is -2.10. The molecule has 3 heteroatoms. The average Bonchev–Trinajstić information content (AvgIpc) is 2.56. The first-order valence-corrected chi connectivity index (χ1v) is 6.89. The molecule has 104 valence electrons. The van der Waals surface area contributed by atoms with Gasteiger partial charge in [0.1, 0.15) is 0 Å². The van der Waals surface area contributed by atoms with Gasteiger partial charge >= 0.3 is 0 Å². The van der Waals surface area contributed by atoms with E-state index in [1.807, 2.05) is 72.9 Å². The summed E-state index contributed by atoms with van der Waals surface area (Å²) in [7, 11) is 0. The number of rotatable bonds is 4. The van der Waals surface area contributed by atoms with Crippen molar-refractivity contribution in [3.8, 4) is 5.69 Å². The molecular formula is C18H16N2O. The molecular weight excluding hydrogens is 260 g/mol. The highest BCUT2D eigenvalue weighted by atomic mass is 16.1. The number of nitrogens with zero attached hydrogens (tertiary/aromatic N) is 1. The molecule has 0 bridgehead atoms. The Morgan fingerprint density at radius 3 is 2.19 bits per heavy atom. The maximum Gasteiger partial charge on any atom is 0.255 e. The van der Waals surface area contributed by atoms with E-state index in [-0.39, 0.29) is 5.56 Å². The fourth-order valence-electron chi connectivity index (χ4n) is 2.19. The van der Waals surface area contributed by atoms with Gasteiger partial charge in [-0.3, -0.25) is 9.36 Å². The van der Waals surface area contributed by atoms with Crippen LogP contribution in [-0.2, 0) is 6.54 Å². The molecule has 0 amide bonds.